The average molecular weight is 356 g/mol. The van der Waals surface area contributed by atoms with Crippen LogP contribution in [0.2, 0.25) is 0 Å². The van der Waals surface area contributed by atoms with E-state index >= 15 is 0 Å². The number of rotatable bonds is 6. The van der Waals surface area contributed by atoms with Crippen LogP contribution in [0.4, 0.5) is 0 Å². The highest BCUT2D eigenvalue weighted by Crippen LogP contribution is 2.33. The normalized spacial score (nSPS) is 13.7. The van der Waals surface area contributed by atoms with E-state index in [1.807, 2.05) is 44.5 Å². The molecule has 0 bridgehead atoms. The summed E-state index contributed by atoms with van der Waals surface area (Å²) in [4.78, 5) is 28.8. The molecule has 3 rings (SSSR count). The van der Waals surface area contributed by atoms with Crippen LogP contribution < -0.4 is 5.56 Å². The quantitative estimate of drug-likeness (QED) is 0.738. The van der Waals surface area contributed by atoms with Gasteiger partial charge in [-0.2, -0.15) is 0 Å². The molecule has 4 nitrogen and oxygen atoms in total. The zero-order valence-corrected chi connectivity index (χ0v) is 15.8. The van der Waals surface area contributed by atoms with Gasteiger partial charge in [0.2, 0.25) is 0 Å². The first kappa shape index (κ1) is 17.8. The minimum Gasteiger partial charge on any atom is -0.334 e. The third-order valence-electron chi connectivity index (χ3n) is 4.68. The maximum atomic E-state index is 13.0. The van der Waals surface area contributed by atoms with Crippen molar-refractivity contribution in [3.8, 4) is 0 Å². The maximum Gasteiger partial charge on any atom is 0.263 e. The lowest BCUT2D eigenvalue weighted by Gasteiger charge is -2.22. The maximum absolute atomic E-state index is 13.0. The molecule has 0 atom stereocenters. The molecule has 1 aromatic heterocycles. The van der Waals surface area contributed by atoms with Crippen LogP contribution in [-0.2, 0) is 6.54 Å². The van der Waals surface area contributed by atoms with Crippen LogP contribution in [-0.4, -0.2) is 28.2 Å². The second kappa shape index (κ2) is 7.48. The largest absolute Gasteiger partial charge is 0.334 e. The Hall–Kier alpha value is -2.01. The summed E-state index contributed by atoms with van der Waals surface area (Å²) in [6, 6.07) is 10.4. The second-order valence-electron chi connectivity index (χ2n) is 6.48. The monoisotopic (exact) mass is 356 g/mol. The standard InChI is InChI=1S/C20H24N2O2S/c1-4-21(13-15-5-9-17(25-3)10-6-15)19(23)18-14(2)11-12-22(20(18)24)16-7-8-16/h5-6,9-12,16H,4,7-8,13H2,1-3H3. The molecule has 2 aromatic rings. The molecule has 0 spiro atoms. The summed E-state index contributed by atoms with van der Waals surface area (Å²) in [7, 11) is 0. The number of pyridine rings is 1. The fourth-order valence-corrected chi connectivity index (χ4v) is 3.39. The molecule has 0 unspecified atom stereocenters. The molecule has 0 aliphatic heterocycles. The Labute approximate surface area is 152 Å². The van der Waals surface area contributed by atoms with Crippen LogP contribution in [0.25, 0.3) is 0 Å². The van der Waals surface area contributed by atoms with Crippen molar-refractivity contribution in [1.29, 1.82) is 0 Å². The van der Waals surface area contributed by atoms with Crippen LogP contribution in [0, 0.1) is 6.92 Å². The topological polar surface area (TPSA) is 42.3 Å². The van der Waals surface area contributed by atoms with Crippen LogP contribution >= 0.6 is 11.8 Å². The summed E-state index contributed by atoms with van der Waals surface area (Å²) < 4.78 is 1.72. The third kappa shape index (κ3) is 3.82. The van der Waals surface area contributed by atoms with E-state index in [4.69, 9.17) is 0 Å². The van der Waals surface area contributed by atoms with E-state index in [-0.39, 0.29) is 17.5 Å². The lowest BCUT2D eigenvalue weighted by Crippen LogP contribution is -2.37. The van der Waals surface area contributed by atoms with E-state index in [9.17, 15) is 9.59 Å². The molecule has 25 heavy (non-hydrogen) atoms. The number of amides is 1. The molecule has 132 valence electrons. The summed E-state index contributed by atoms with van der Waals surface area (Å²) in [5.41, 5.74) is 1.99. The van der Waals surface area contributed by atoms with Gasteiger partial charge in [0.1, 0.15) is 5.56 Å². The summed E-state index contributed by atoms with van der Waals surface area (Å²) in [5.74, 6) is -0.172. The minimum absolute atomic E-state index is 0.149. The van der Waals surface area contributed by atoms with Crippen molar-refractivity contribution in [2.75, 3.05) is 12.8 Å². The van der Waals surface area contributed by atoms with E-state index in [0.717, 1.165) is 24.0 Å². The van der Waals surface area contributed by atoms with Gasteiger partial charge in [-0.3, -0.25) is 9.59 Å². The Morgan fingerprint density at radius 1 is 1.24 bits per heavy atom. The molecule has 1 fully saturated rings. The van der Waals surface area contributed by atoms with Gasteiger partial charge < -0.3 is 9.47 Å². The van der Waals surface area contributed by atoms with Crippen LogP contribution in [0.15, 0.2) is 46.2 Å². The third-order valence-corrected chi connectivity index (χ3v) is 5.43. The average Bonchev–Trinajstić information content (AvgIpc) is 3.45. The van der Waals surface area contributed by atoms with Crippen molar-refractivity contribution in [2.24, 2.45) is 0 Å². The summed E-state index contributed by atoms with van der Waals surface area (Å²) >= 11 is 1.69. The van der Waals surface area contributed by atoms with E-state index in [2.05, 4.69) is 12.1 Å². The van der Waals surface area contributed by atoms with Crippen LogP contribution in [0.3, 0.4) is 0 Å². The highest BCUT2D eigenvalue weighted by atomic mass is 32.2. The Kier molecular flexibility index (Phi) is 5.33. The first-order valence-corrected chi connectivity index (χ1v) is 9.91. The van der Waals surface area contributed by atoms with Crippen molar-refractivity contribution in [1.82, 2.24) is 9.47 Å². The van der Waals surface area contributed by atoms with E-state index in [0.29, 0.717) is 18.7 Å². The molecule has 1 aliphatic carbocycles. The molecule has 0 N–H and O–H groups in total. The molecule has 0 saturated heterocycles. The Balaban J connectivity index is 1.87. The summed E-state index contributed by atoms with van der Waals surface area (Å²) in [5, 5.41) is 0. The van der Waals surface area contributed by atoms with Crippen LogP contribution in [0.5, 0.6) is 0 Å². The lowest BCUT2D eigenvalue weighted by molar-refractivity contribution is 0.0749. The molecule has 1 aromatic carbocycles. The zero-order valence-electron chi connectivity index (χ0n) is 15.0. The number of hydrogen-bond donors (Lipinski definition) is 0. The Bertz CT molecular complexity index is 823. The van der Waals surface area contributed by atoms with Gasteiger partial charge in [0, 0.05) is 30.2 Å². The van der Waals surface area contributed by atoms with Crippen molar-refractivity contribution in [3.05, 3.63) is 63.6 Å². The van der Waals surface area contributed by atoms with Gasteiger partial charge in [0.05, 0.1) is 0 Å². The van der Waals surface area contributed by atoms with Crippen molar-refractivity contribution in [2.45, 2.75) is 44.2 Å². The van der Waals surface area contributed by atoms with E-state index in [1.165, 1.54) is 4.90 Å². The number of hydrogen-bond acceptors (Lipinski definition) is 3. The fourth-order valence-electron chi connectivity index (χ4n) is 2.98. The number of nitrogens with zero attached hydrogens (tertiary/aromatic N) is 2. The minimum atomic E-state index is -0.172. The number of aryl methyl sites for hydroxylation is 1. The Morgan fingerprint density at radius 3 is 2.48 bits per heavy atom. The number of benzene rings is 1. The smallest absolute Gasteiger partial charge is 0.263 e. The molecule has 0 radical (unpaired) electrons. The van der Waals surface area contributed by atoms with Gasteiger partial charge in [-0.25, -0.2) is 0 Å². The first-order valence-electron chi connectivity index (χ1n) is 8.69. The number of carbonyl (C=O) groups is 1. The van der Waals surface area contributed by atoms with Crippen molar-refractivity contribution < 1.29 is 4.79 Å². The van der Waals surface area contributed by atoms with Gasteiger partial charge >= 0.3 is 0 Å². The van der Waals surface area contributed by atoms with Crippen molar-refractivity contribution in [3.63, 3.8) is 0 Å². The summed E-state index contributed by atoms with van der Waals surface area (Å²) in [6.07, 6.45) is 5.91. The van der Waals surface area contributed by atoms with Crippen LogP contribution in [0.1, 0.15) is 47.3 Å². The van der Waals surface area contributed by atoms with E-state index < -0.39 is 0 Å². The molecule has 5 heteroatoms. The van der Waals surface area contributed by atoms with Gasteiger partial charge in [-0.15, -0.1) is 11.8 Å². The second-order valence-corrected chi connectivity index (χ2v) is 7.36. The number of carbonyl (C=O) groups excluding carboxylic acids is 1. The molecule has 1 aliphatic rings. The Morgan fingerprint density at radius 2 is 1.92 bits per heavy atom. The first-order chi connectivity index (χ1) is 12.0. The highest BCUT2D eigenvalue weighted by molar-refractivity contribution is 7.98. The molecule has 1 amide bonds. The highest BCUT2D eigenvalue weighted by Gasteiger charge is 2.28. The van der Waals surface area contributed by atoms with Gasteiger partial charge in [-0.05, 0) is 62.3 Å². The van der Waals surface area contributed by atoms with Crippen molar-refractivity contribution >= 4 is 17.7 Å². The number of aromatic nitrogens is 1. The fraction of sp³-hybridized carbons (Fsp3) is 0.400. The zero-order chi connectivity index (χ0) is 18.0. The molecule has 1 heterocycles. The molecular weight excluding hydrogens is 332 g/mol. The molecular formula is C20H24N2O2S. The number of thioether (sulfide) groups is 1. The summed E-state index contributed by atoms with van der Waals surface area (Å²) in [6.45, 7) is 4.88. The van der Waals surface area contributed by atoms with Gasteiger partial charge in [0.15, 0.2) is 0 Å². The molecule has 1 saturated carbocycles. The van der Waals surface area contributed by atoms with E-state index in [1.54, 1.807) is 21.2 Å². The van der Waals surface area contributed by atoms with Gasteiger partial charge in [0.25, 0.3) is 11.5 Å². The predicted octanol–water partition coefficient (Wildman–Crippen LogP) is 3.88. The lowest BCUT2D eigenvalue weighted by atomic mass is 10.1. The predicted molar refractivity (Wildman–Crippen MR) is 102 cm³/mol. The SMILES string of the molecule is CCN(Cc1ccc(SC)cc1)C(=O)c1c(C)ccn(C2CC2)c1=O. The van der Waals surface area contributed by atoms with Gasteiger partial charge in [-0.1, -0.05) is 12.1 Å².